The van der Waals surface area contributed by atoms with Crippen molar-refractivity contribution in [1.29, 1.82) is 0 Å². The number of carbonyl (C=O) groups excluding carboxylic acids is 1. The number of fused-ring (bicyclic) bond motifs is 1. The van der Waals surface area contributed by atoms with E-state index in [1.54, 1.807) is 11.3 Å². The van der Waals surface area contributed by atoms with E-state index in [1.807, 2.05) is 24.0 Å². The number of nitrogens with zero attached hydrogens (tertiary/aromatic N) is 2. The molecule has 0 saturated heterocycles. The maximum atomic E-state index is 13.1. The molecule has 0 spiro atoms. The fourth-order valence-corrected chi connectivity index (χ4v) is 5.45. The SMILES string of the molecule is C=c1cc2c(cc1N(C)CCCCCCCC)=C(c1ccc(Br)s1)C(=O)N2CC. The zero-order chi connectivity index (χ0) is 21.0. The summed E-state index contributed by atoms with van der Waals surface area (Å²) in [4.78, 5) is 18.3. The van der Waals surface area contributed by atoms with Crippen LogP contribution in [0.1, 0.15) is 57.2 Å². The molecule has 0 bridgehead atoms. The Morgan fingerprint density at radius 3 is 2.48 bits per heavy atom. The monoisotopic (exact) mass is 474 g/mol. The Balaban J connectivity index is 1.90. The molecular weight excluding hydrogens is 444 g/mol. The molecule has 0 fully saturated rings. The van der Waals surface area contributed by atoms with Crippen LogP contribution < -0.4 is 20.2 Å². The highest BCUT2D eigenvalue weighted by Crippen LogP contribution is 2.32. The van der Waals surface area contributed by atoms with Gasteiger partial charge in [0.05, 0.1) is 15.0 Å². The fourth-order valence-electron chi connectivity index (χ4n) is 4.01. The van der Waals surface area contributed by atoms with Crippen LogP contribution in [0.4, 0.5) is 11.4 Å². The van der Waals surface area contributed by atoms with E-state index in [4.69, 9.17) is 0 Å². The molecular formula is C24H31BrN2OS. The lowest BCUT2D eigenvalue weighted by Crippen LogP contribution is -2.30. The van der Waals surface area contributed by atoms with Gasteiger partial charge in [-0.1, -0.05) is 45.6 Å². The summed E-state index contributed by atoms with van der Waals surface area (Å²) >= 11 is 5.14. The Labute approximate surface area is 186 Å². The molecule has 1 aromatic carbocycles. The quantitative estimate of drug-likeness (QED) is 0.437. The topological polar surface area (TPSA) is 23.6 Å². The highest BCUT2D eigenvalue weighted by Gasteiger charge is 2.30. The van der Waals surface area contributed by atoms with Gasteiger partial charge in [-0.15, -0.1) is 11.3 Å². The van der Waals surface area contributed by atoms with Crippen molar-refractivity contribution in [3.63, 3.8) is 0 Å². The first-order valence-corrected chi connectivity index (χ1v) is 12.2. The van der Waals surface area contributed by atoms with Crippen LogP contribution in [0.3, 0.4) is 0 Å². The van der Waals surface area contributed by atoms with Gasteiger partial charge in [-0.3, -0.25) is 4.79 Å². The lowest BCUT2D eigenvalue weighted by atomic mass is 10.1. The van der Waals surface area contributed by atoms with Crippen molar-refractivity contribution in [2.24, 2.45) is 0 Å². The van der Waals surface area contributed by atoms with Gasteiger partial charge in [-0.2, -0.15) is 0 Å². The first kappa shape index (κ1) is 22.1. The summed E-state index contributed by atoms with van der Waals surface area (Å²) in [6.45, 7) is 10.2. The van der Waals surface area contributed by atoms with Gasteiger partial charge in [0, 0.05) is 35.9 Å². The van der Waals surface area contributed by atoms with Gasteiger partial charge in [-0.25, -0.2) is 0 Å². The van der Waals surface area contributed by atoms with Crippen LogP contribution in [-0.4, -0.2) is 26.0 Å². The van der Waals surface area contributed by atoms with Crippen LogP contribution in [-0.2, 0) is 4.79 Å². The Hall–Kier alpha value is -1.59. The molecule has 2 aromatic rings. The fraction of sp³-hybridized carbons (Fsp3) is 0.458. The molecule has 0 atom stereocenters. The van der Waals surface area contributed by atoms with E-state index < -0.39 is 0 Å². The molecule has 156 valence electrons. The Kier molecular flexibility index (Phi) is 7.58. The van der Waals surface area contributed by atoms with E-state index in [0.29, 0.717) is 6.54 Å². The largest absolute Gasteiger partial charge is 0.374 e. The van der Waals surface area contributed by atoms with Crippen LogP contribution in [0, 0.1) is 0 Å². The standard InChI is InChI=1S/C24H31BrN2OS/c1-5-7-8-9-10-11-14-26(4)19-16-18-20(15-17(19)3)27(6-2)24(28)23(18)21-12-13-22(25)29-21/h12-13,15-16H,3,5-11,14H2,1-2,4H3. The maximum absolute atomic E-state index is 13.1. The van der Waals surface area contributed by atoms with Crippen LogP contribution >= 0.6 is 27.3 Å². The lowest BCUT2D eigenvalue weighted by Gasteiger charge is -2.21. The normalized spacial score (nSPS) is 13.3. The summed E-state index contributed by atoms with van der Waals surface area (Å²) in [5.41, 5.74) is 2.92. The van der Waals surface area contributed by atoms with Gasteiger partial charge in [0.2, 0.25) is 0 Å². The number of unbranched alkanes of at least 4 members (excludes halogenated alkanes) is 5. The van der Waals surface area contributed by atoms with Gasteiger partial charge in [0.25, 0.3) is 5.91 Å². The van der Waals surface area contributed by atoms with Crippen molar-refractivity contribution in [2.75, 3.05) is 29.9 Å². The number of anilines is 2. The van der Waals surface area contributed by atoms with E-state index in [-0.39, 0.29) is 5.91 Å². The maximum Gasteiger partial charge on any atom is 0.260 e. The molecule has 0 saturated carbocycles. The number of benzene rings is 1. The highest BCUT2D eigenvalue weighted by molar-refractivity contribution is 9.11. The van der Waals surface area contributed by atoms with Gasteiger partial charge in [0.1, 0.15) is 0 Å². The third-order valence-corrected chi connectivity index (χ3v) is 7.25. The predicted octanol–water partition coefficient (Wildman–Crippen LogP) is 5.28. The lowest BCUT2D eigenvalue weighted by molar-refractivity contribution is -0.113. The summed E-state index contributed by atoms with van der Waals surface area (Å²) < 4.78 is 1.04. The second-order valence-electron chi connectivity index (χ2n) is 7.72. The van der Waals surface area contributed by atoms with E-state index >= 15 is 0 Å². The predicted molar refractivity (Wildman–Crippen MR) is 130 cm³/mol. The molecule has 0 aliphatic carbocycles. The minimum Gasteiger partial charge on any atom is -0.374 e. The van der Waals surface area contributed by atoms with Crippen molar-refractivity contribution in [3.8, 4) is 0 Å². The van der Waals surface area contributed by atoms with Gasteiger partial charge in [0.15, 0.2) is 0 Å². The van der Waals surface area contributed by atoms with Crippen molar-refractivity contribution in [2.45, 2.75) is 52.4 Å². The van der Waals surface area contributed by atoms with E-state index in [0.717, 1.165) is 42.6 Å². The van der Waals surface area contributed by atoms with Crippen LogP contribution in [0.5, 0.6) is 0 Å². The third-order valence-electron chi connectivity index (χ3n) is 5.61. The molecule has 29 heavy (non-hydrogen) atoms. The highest BCUT2D eigenvalue weighted by atomic mass is 79.9. The molecule has 1 aromatic heterocycles. The average molecular weight is 475 g/mol. The molecule has 0 N–H and O–H groups in total. The molecule has 3 nitrogen and oxygen atoms in total. The zero-order valence-corrected chi connectivity index (χ0v) is 20.2. The average Bonchev–Trinajstić information content (AvgIpc) is 3.23. The summed E-state index contributed by atoms with van der Waals surface area (Å²) in [5.74, 6) is 0.0898. The second kappa shape index (κ2) is 9.94. The summed E-state index contributed by atoms with van der Waals surface area (Å²) in [6.07, 6.45) is 7.73. The number of hydrogen-bond donors (Lipinski definition) is 0. The van der Waals surface area contributed by atoms with Crippen LogP contribution in [0.2, 0.25) is 0 Å². The first-order valence-electron chi connectivity index (χ1n) is 10.6. The van der Waals surface area contributed by atoms with E-state index in [9.17, 15) is 4.79 Å². The first-order chi connectivity index (χ1) is 14.0. The molecule has 1 aliphatic heterocycles. The van der Waals surface area contributed by atoms with E-state index in [1.165, 1.54) is 38.5 Å². The number of amides is 1. The summed E-state index contributed by atoms with van der Waals surface area (Å²) in [5, 5.41) is 2.01. The molecule has 1 amide bonds. The molecule has 5 heteroatoms. The molecule has 0 radical (unpaired) electrons. The molecule has 1 aliphatic rings. The molecule has 2 heterocycles. The number of thiophene rings is 1. The number of hydrogen-bond acceptors (Lipinski definition) is 3. The smallest absolute Gasteiger partial charge is 0.260 e. The second-order valence-corrected chi connectivity index (χ2v) is 10.2. The number of likely N-dealkylation sites (N-methyl/N-ethyl adjacent to an activating group) is 1. The van der Waals surface area contributed by atoms with Gasteiger partial charge >= 0.3 is 0 Å². The van der Waals surface area contributed by atoms with Crippen molar-refractivity contribution >= 4 is 56.7 Å². The number of halogens is 1. The summed E-state index contributed by atoms with van der Waals surface area (Å²) in [7, 11) is 2.14. The van der Waals surface area contributed by atoms with Crippen LogP contribution in [0.25, 0.3) is 12.2 Å². The van der Waals surface area contributed by atoms with Crippen LogP contribution in [0.15, 0.2) is 28.1 Å². The Bertz CT molecular complexity index is 981. The van der Waals surface area contributed by atoms with Gasteiger partial charge < -0.3 is 9.80 Å². The van der Waals surface area contributed by atoms with Gasteiger partial charge in [-0.05, 0) is 58.8 Å². The van der Waals surface area contributed by atoms with Crippen molar-refractivity contribution in [1.82, 2.24) is 0 Å². The Morgan fingerprint density at radius 1 is 1.10 bits per heavy atom. The number of carbonyl (C=O) groups is 1. The zero-order valence-electron chi connectivity index (χ0n) is 17.8. The summed E-state index contributed by atoms with van der Waals surface area (Å²) in [6, 6.07) is 8.29. The Morgan fingerprint density at radius 2 is 1.83 bits per heavy atom. The number of rotatable bonds is 10. The minimum atomic E-state index is 0.0898. The third kappa shape index (κ3) is 4.77. The van der Waals surface area contributed by atoms with E-state index in [2.05, 4.69) is 53.5 Å². The van der Waals surface area contributed by atoms with Crippen molar-refractivity contribution < 1.29 is 4.79 Å². The van der Waals surface area contributed by atoms with Crippen molar-refractivity contribution in [3.05, 3.63) is 43.4 Å². The molecule has 3 rings (SSSR count). The minimum absolute atomic E-state index is 0.0898. The molecule has 0 unspecified atom stereocenters.